The fourth-order valence-electron chi connectivity index (χ4n) is 3.22. The van der Waals surface area contributed by atoms with Crippen LogP contribution in [0.5, 0.6) is 0 Å². The van der Waals surface area contributed by atoms with Gasteiger partial charge >= 0.3 is 0 Å². The first-order chi connectivity index (χ1) is 13.0. The molecule has 0 saturated carbocycles. The third-order valence-electron chi connectivity index (χ3n) is 4.87. The van der Waals surface area contributed by atoms with Gasteiger partial charge in [0.1, 0.15) is 0 Å². The van der Waals surface area contributed by atoms with Gasteiger partial charge in [-0.3, -0.25) is 0 Å². The largest absolute Gasteiger partial charge is 0.369 e. The van der Waals surface area contributed by atoms with Gasteiger partial charge in [0.05, 0.1) is 25.1 Å². The van der Waals surface area contributed by atoms with Crippen LogP contribution in [0, 0.1) is 6.92 Å². The van der Waals surface area contributed by atoms with E-state index in [-0.39, 0.29) is 5.60 Å². The Kier molecular flexibility index (Phi) is 6.70. The maximum Gasteiger partial charge on any atom is 0.0946 e. The topological polar surface area (TPSA) is 27.1 Å². The zero-order valence-electron chi connectivity index (χ0n) is 16.1. The highest BCUT2D eigenvalue weighted by Crippen LogP contribution is 2.24. The Morgan fingerprint density at radius 1 is 1.04 bits per heavy atom. The maximum atomic E-state index is 6.42. The van der Waals surface area contributed by atoms with Crippen LogP contribution in [0.25, 0.3) is 0 Å². The highest BCUT2D eigenvalue weighted by molar-refractivity contribution is 6.30. The lowest BCUT2D eigenvalue weighted by atomic mass is 9.96. The van der Waals surface area contributed by atoms with Crippen molar-refractivity contribution in [3.8, 4) is 0 Å². The van der Waals surface area contributed by atoms with Crippen molar-refractivity contribution in [2.24, 2.45) is 0 Å². The molecule has 0 fully saturated rings. The molecule has 0 aliphatic carbocycles. The molecule has 0 radical (unpaired) electrons. The van der Waals surface area contributed by atoms with E-state index in [1.807, 2.05) is 30.9 Å². The van der Waals surface area contributed by atoms with Crippen molar-refractivity contribution in [3.05, 3.63) is 89.0 Å². The fraction of sp³-hybridized carbons (Fsp3) is 0.348. The molecule has 4 heteroatoms. The van der Waals surface area contributed by atoms with Crippen molar-refractivity contribution in [1.82, 2.24) is 9.55 Å². The summed E-state index contributed by atoms with van der Waals surface area (Å²) in [5.74, 6) is 0. The maximum absolute atomic E-state index is 6.42. The van der Waals surface area contributed by atoms with Gasteiger partial charge in [-0.15, -0.1) is 0 Å². The Labute approximate surface area is 167 Å². The average Bonchev–Trinajstić information content (AvgIpc) is 3.16. The molecular weight excluding hydrogens is 356 g/mol. The normalized spacial score (nSPS) is 13.4. The van der Waals surface area contributed by atoms with Gasteiger partial charge in [-0.2, -0.15) is 0 Å². The van der Waals surface area contributed by atoms with Crippen molar-refractivity contribution in [3.63, 3.8) is 0 Å². The Morgan fingerprint density at radius 2 is 1.74 bits per heavy atom. The Hall–Kier alpha value is -2.10. The van der Waals surface area contributed by atoms with Gasteiger partial charge in [-0.05, 0) is 56.4 Å². The summed E-state index contributed by atoms with van der Waals surface area (Å²) < 4.78 is 8.51. The molecule has 0 N–H and O–H groups in total. The summed E-state index contributed by atoms with van der Waals surface area (Å²) >= 11 is 5.98. The third kappa shape index (κ3) is 6.23. The van der Waals surface area contributed by atoms with Crippen LogP contribution in [0.15, 0.2) is 67.3 Å². The lowest BCUT2D eigenvalue weighted by Crippen LogP contribution is -2.34. The standard InChI is InChI=1S/C23H27ClN2O/c1-19-5-7-21(8-6-19)16-27-23(2,17-26-15-14-25-18-26)13-3-4-20-9-11-22(24)12-10-20/h5-12,14-15,18H,3-4,13,16-17H2,1-2H3. The van der Waals surface area contributed by atoms with Gasteiger partial charge in [0.15, 0.2) is 0 Å². The number of halogens is 1. The minimum Gasteiger partial charge on any atom is -0.369 e. The second-order valence-corrected chi connectivity index (χ2v) is 7.88. The number of nitrogens with zero attached hydrogens (tertiary/aromatic N) is 2. The number of aryl methyl sites for hydroxylation is 2. The molecule has 27 heavy (non-hydrogen) atoms. The van der Waals surface area contributed by atoms with E-state index in [1.54, 1.807) is 0 Å². The van der Waals surface area contributed by atoms with Crippen LogP contribution < -0.4 is 0 Å². The summed E-state index contributed by atoms with van der Waals surface area (Å²) in [7, 11) is 0. The Balaban J connectivity index is 1.61. The number of benzene rings is 2. The van der Waals surface area contributed by atoms with Gasteiger partial charge in [-0.25, -0.2) is 4.98 Å². The molecule has 1 heterocycles. The number of hydrogen-bond acceptors (Lipinski definition) is 2. The third-order valence-corrected chi connectivity index (χ3v) is 5.12. The van der Waals surface area contributed by atoms with Crippen LogP contribution in [0.2, 0.25) is 5.02 Å². The number of aromatic nitrogens is 2. The smallest absolute Gasteiger partial charge is 0.0946 e. The summed E-state index contributed by atoms with van der Waals surface area (Å²) in [6.45, 7) is 5.71. The quantitative estimate of drug-likeness (QED) is 0.464. The molecule has 1 atom stereocenters. The van der Waals surface area contributed by atoms with Gasteiger partial charge in [0, 0.05) is 17.4 Å². The van der Waals surface area contributed by atoms with E-state index < -0.39 is 0 Å². The Morgan fingerprint density at radius 3 is 2.41 bits per heavy atom. The average molecular weight is 383 g/mol. The molecule has 0 amide bonds. The van der Waals surface area contributed by atoms with Gasteiger partial charge in [0.25, 0.3) is 0 Å². The number of ether oxygens (including phenoxy) is 1. The lowest BCUT2D eigenvalue weighted by molar-refractivity contribution is -0.0615. The summed E-state index contributed by atoms with van der Waals surface area (Å²) in [5, 5.41) is 0.783. The second-order valence-electron chi connectivity index (χ2n) is 7.44. The number of rotatable bonds is 9. The van der Waals surface area contributed by atoms with Crippen LogP contribution in [-0.2, 0) is 24.3 Å². The number of hydrogen-bond donors (Lipinski definition) is 0. The molecule has 3 aromatic rings. The second kappa shape index (κ2) is 9.20. The SMILES string of the molecule is Cc1ccc(COC(C)(CCCc2ccc(Cl)cc2)Cn2ccnc2)cc1. The van der Waals surface area contributed by atoms with E-state index in [0.717, 1.165) is 30.8 Å². The monoisotopic (exact) mass is 382 g/mol. The molecule has 3 rings (SSSR count). The minimum absolute atomic E-state index is 0.252. The van der Waals surface area contributed by atoms with Crippen molar-refractivity contribution in [2.45, 2.75) is 51.9 Å². The van der Waals surface area contributed by atoms with Crippen molar-refractivity contribution >= 4 is 11.6 Å². The summed E-state index contributed by atoms with van der Waals surface area (Å²) in [6.07, 6.45) is 8.71. The Bertz CT molecular complexity index is 813. The van der Waals surface area contributed by atoms with E-state index in [2.05, 4.69) is 59.8 Å². The van der Waals surface area contributed by atoms with E-state index >= 15 is 0 Å². The van der Waals surface area contributed by atoms with Crippen molar-refractivity contribution in [1.29, 1.82) is 0 Å². The van der Waals surface area contributed by atoms with Crippen LogP contribution >= 0.6 is 11.6 Å². The molecule has 0 aliphatic heterocycles. The first kappa shape index (κ1) is 19.7. The molecule has 3 nitrogen and oxygen atoms in total. The van der Waals surface area contributed by atoms with Crippen LogP contribution in [0.1, 0.15) is 36.5 Å². The molecule has 0 bridgehead atoms. The summed E-state index contributed by atoms with van der Waals surface area (Å²) in [4.78, 5) is 4.17. The molecule has 2 aromatic carbocycles. The molecular formula is C23H27ClN2O. The first-order valence-electron chi connectivity index (χ1n) is 9.42. The lowest BCUT2D eigenvalue weighted by Gasteiger charge is -2.30. The summed E-state index contributed by atoms with van der Waals surface area (Å²) in [6, 6.07) is 16.6. The highest BCUT2D eigenvalue weighted by Gasteiger charge is 2.25. The van der Waals surface area contributed by atoms with Crippen molar-refractivity contribution < 1.29 is 4.74 Å². The van der Waals surface area contributed by atoms with Gasteiger partial charge < -0.3 is 9.30 Å². The molecule has 1 unspecified atom stereocenters. The highest BCUT2D eigenvalue weighted by atomic mass is 35.5. The van der Waals surface area contributed by atoms with Crippen LogP contribution in [-0.4, -0.2) is 15.2 Å². The van der Waals surface area contributed by atoms with Crippen LogP contribution in [0.4, 0.5) is 0 Å². The molecule has 0 saturated heterocycles. The van der Waals surface area contributed by atoms with Crippen molar-refractivity contribution in [2.75, 3.05) is 0 Å². The van der Waals surface area contributed by atoms with Gasteiger partial charge in [0.2, 0.25) is 0 Å². The predicted octanol–water partition coefficient (Wildman–Crippen LogP) is 5.84. The molecule has 142 valence electrons. The molecule has 0 spiro atoms. The molecule has 1 aromatic heterocycles. The zero-order chi connectivity index (χ0) is 19.1. The van der Waals surface area contributed by atoms with E-state index in [4.69, 9.17) is 16.3 Å². The van der Waals surface area contributed by atoms with Gasteiger partial charge in [-0.1, -0.05) is 53.6 Å². The van der Waals surface area contributed by atoms with E-state index in [0.29, 0.717) is 6.61 Å². The van der Waals surface area contributed by atoms with E-state index in [1.165, 1.54) is 16.7 Å². The first-order valence-corrected chi connectivity index (χ1v) is 9.80. The predicted molar refractivity (Wildman–Crippen MR) is 111 cm³/mol. The number of imidazole rings is 1. The summed E-state index contributed by atoms with van der Waals surface area (Å²) in [5.41, 5.74) is 3.53. The minimum atomic E-state index is -0.252. The molecule has 0 aliphatic rings. The van der Waals surface area contributed by atoms with Crippen LogP contribution in [0.3, 0.4) is 0 Å². The zero-order valence-corrected chi connectivity index (χ0v) is 16.8. The van der Waals surface area contributed by atoms with E-state index in [9.17, 15) is 0 Å². The fourth-order valence-corrected chi connectivity index (χ4v) is 3.35.